The standard InChI is InChI=1S/C21H35N3O2Si/c1-8-16-13-22-20-19(15(16)2)23-17(14-26-27(6,7)21(3,4)5)24(20)18-11-9-10-12-25-18/h13,18H,8-12,14H2,1-7H3. The van der Waals surface area contributed by atoms with E-state index in [2.05, 4.69) is 52.3 Å². The third-order valence-electron chi connectivity index (χ3n) is 6.33. The number of nitrogens with zero attached hydrogens (tertiary/aromatic N) is 3. The van der Waals surface area contributed by atoms with Crippen molar-refractivity contribution in [2.75, 3.05) is 6.61 Å². The van der Waals surface area contributed by atoms with Crippen molar-refractivity contribution in [2.24, 2.45) is 0 Å². The molecule has 1 saturated heterocycles. The van der Waals surface area contributed by atoms with Gasteiger partial charge in [-0.05, 0) is 61.9 Å². The van der Waals surface area contributed by atoms with E-state index in [0.29, 0.717) is 6.61 Å². The molecule has 0 saturated carbocycles. The van der Waals surface area contributed by atoms with Crippen LogP contribution in [0, 0.1) is 6.92 Å². The largest absolute Gasteiger partial charge is 0.409 e. The van der Waals surface area contributed by atoms with Gasteiger partial charge in [0.05, 0.1) is 6.61 Å². The van der Waals surface area contributed by atoms with E-state index in [4.69, 9.17) is 19.1 Å². The molecule has 0 N–H and O–H groups in total. The Morgan fingerprint density at radius 3 is 2.63 bits per heavy atom. The van der Waals surface area contributed by atoms with Gasteiger partial charge in [-0.15, -0.1) is 0 Å². The summed E-state index contributed by atoms with van der Waals surface area (Å²) in [5.41, 5.74) is 4.42. The molecule has 150 valence electrons. The Morgan fingerprint density at radius 1 is 1.30 bits per heavy atom. The van der Waals surface area contributed by atoms with Gasteiger partial charge < -0.3 is 9.16 Å². The number of ether oxygens (including phenoxy) is 1. The van der Waals surface area contributed by atoms with Crippen molar-refractivity contribution < 1.29 is 9.16 Å². The van der Waals surface area contributed by atoms with E-state index in [0.717, 1.165) is 42.9 Å². The molecule has 3 rings (SSSR count). The number of imidazole rings is 1. The van der Waals surface area contributed by atoms with Crippen LogP contribution in [0.4, 0.5) is 0 Å². The van der Waals surface area contributed by atoms with Crippen LogP contribution >= 0.6 is 0 Å². The molecule has 0 aromatic carbocycles. The Balaban J connectivity index is 2.03. The van der Waals surface area contributed by atoms with Gasteiger partial charge in [-0.25, -0.2) is 9.97 Å². The molecule has 0 radical (unpaired) electrons. The van der Waals surface area contributed by atoms with Crippen molar-refractivity contribution >= 4 is 19.5 Å². The van der Waals surface area contributed by atoms with Crippen molar-refractivity contribution in [1.82, 2.24) is 14.5 Å². The van der Waals surface area contributed by atoms with Gasteiger partial charge in [0.2, 0.25) is 0 Å². The molecular formula is C21H35N3O2Si. The van der Waals surface area contributed by atoms with Crippen LogP contribution in [0.15, 0.2) is 6.20 Å². The Labute approximate surface area is 164 Å². The maximum atomic E-state index is 6.51. The molecule has 0 spiro atoms. The highest BCUT2D eigenvalue weighted by atomic mass is 28.4. The lowest BCUT2D eigenvalue weighted by molar-refractivity contribution is -0.0327. The van der Waals surface area contributed by atoms with E-state index in [1.165, 1.54) is 17.5 Å². The molecule has 2 aromatic heterocycles. The summed E-state index contributed by atoms with van der Waals surface area (Å²) in [6.07, 6.45) is 6.30. The predicted molar refractivity (Wildman–Crippen MR) is 112 cm³/mol. The first-order valence-electron chi connectivity index (χ1n) is 10.3. The first-order chi connectivity index (χ1) is 12.7. The number of aromatic nitrogens is 3. The normalized spacial score (nSPS) is 19.0. The van der Waals surface area contributed by atoms with Gasteiger partial charge in [-0.1, -0.05) is 27.7 Å². The molecule has 5 nitrogen and oxygen atoms in total. The Bertz CT molecular complexity index is 802. The Kier molecular flexibility index (Phi) is 5.80. The fourth-order valence-electron chi connectivity index (χ4n) is 3.38. The summed E-state index contributed by atoms with van der Waals surface area (Å²) in [5, 5.41) is 0.175. The molecule has 0 amide bonds. The zero-order chi connectivity index (χ0) is 19.8. The number of hydrogen-bond donors (Lipinski definition) is 0. The Morgan fingerprint density at radius 2 is 2.04 bits per heavy atom. The lowest BCUT2D eigenvalue weighted by Crippen LogP contribution is -2.40. The predicted octanol–water partition coefficient (Wildman–Crippen LogP) is 5.52. The number of pyridine rings is 1. The Hall–Kier alpha value is -1.24. The fraction of sp³-hybridized carbons (Fsp3) is 0.714. The zero-order valence-electron chi connectivity index (χ0n) is 18.1. The minimum Gasteiger partial charge on any atom is -0.409 e. The zero-order valence-corrected chi connectivity index (χ0v) is 19.1. The quantitative estimate of drug-likeness (QED) is 0.632. The third kappa shape index (κ3) is 3.98. The van der Waals surface area contributed by atoms with Gasteiger partial charge in [0, 0.05) is 12.8 Å². The third-order valence-corrected chi connectivity index (χ3v) is 10.8. The molecule has 1 aliphatic heterocycles. The molecule has 2 aromatic rings. The summed E-state index contributed by atoms with van der Waals surface area (Å²) in [6.45, 7) is 17.0. The molecule has 0 bridgehead atoms. The van der Waals surface area contributed by atoms with Crippen molar-refractivity contribution in [2.45, 2.75) is 91.3 Å². The lowest BCUT2D eigenvalue weighted by Gasteiger charge is -2.36. The van der Waals surface area contributed by atoms with Gasteiger partial charge in [-0.2, -0.15) is 0 Å². The number of hydrogen-bond acceptors (Lipinski definition) is 4. The fourth-order valence-corrected chi connectivity index (χ4v) is 4.30. The van der Waals surface area contributed by atoms with Gasteiger partial charge in [-0.3, -0.25) is 4.57 Å². The lowest BCUT2D eigenvalue weighted by atomic mass is 10.1. The van der Waals surface area contributed by atoms with Crippen LogP contribution in [0.1, 0.15) is 70.1 Å². The average molecular weight is 390 g/mol. The van der Waals surface area contributed by atoms with E-state index >= 15 is 0 Å². The van der Waals surface area contributed by atoms with Gasteiger partial charge in [0.25, 0.3) is 0 Å². The van der Waals surface area contributed by atoms with Gasteiger partial charge in [0.1, 0.15) is 17.6 Å². The highest BCUT2D eigenvalue weighted by Crippen LogP contribution is 2.38. The molecule has 1 fully saturated rings. The van der Waals surface area contributed by atoms with Crippen LogP contribution in [0.5, 0.6) is 0 Å². The summed E-state index contributed by atoms with van der Waals surface area (Å²) in [4.78, 5) is 9.78. The summed E-state index contributed by atoms with van der Waals surface area (Å²) in [7, 11) is -1.85. The average Bonchev–Trinajstić information content (AvgIpc) is 2.99. The smallest absolute Gasteiger partial charge is 0.192 e. The number of aryl methyl sites for hydroxylation is 2. The second kappa shape index (κ2) is 7.64. The van der Waals surface area contributed by atoms with Crippen LogP contribution in [0.3, 0.4) is 0 Å². The van der Waals surface area contributed by atoms with Crippen molar-refractivity contribution in [1.29, 1.82) is 0 Å². The SMILES string of the molecule is CCc1cnc2c(nc(CO[Si](C)(C)C(C)(C)C)n2C2CCCCO2)c1C. The molecule has 1 unspecified atom stereocenters. The molecule has 1 aliphatic rings. The maximum Gasteiger partial charge on any atom is 0.192 e. The second-order valence-corrected chi connectivity index (χ2v) is 14.0. The second-order valence-electron chi connectivity index (χ2n) is 9.20. The molecule has 1 atom stereocenters. The highest BCUT2D eigenvalue weighted by molar-refractivity contribution is 6.74. The minimum absolute atomic E-state index is 0.0149. The van der Waals surface area contributed by atoms with E-state index in [1.807, 2.05) is 6.20 Å². The van der Waals surface area contributed by atoms with Crippen LogP contribution in [0.25, 0.3) is 11.2 Å². The summed E-state index contributed by atoms with van der Waals surface area (Å²) in [5.74, 6) is 0.950. The molecule has 6 heteroatoms. The van der Waals surface area contributed by atoms with Crippen molar-refractivity contribution in [3.63, 3.8) is 0 Å². The van der Waals surface area contributed by atoms with Crippen LogP contribution in [0.2, 0.25) is 18.1 Å². The summed E-state index contributed by atoms with van der Waals surface area (Å²) in [6, 6.07) is 0. The monoisotopic (exact) mass is 389 g/mol. The van der Waals surface area contributed by atoms with Crippen molar-refractivity contribution in [3.05, 3.63) is 23.1 Å². The first-order valence-corrected chi connectivity index (χ1v) is 13.2. The van der Waals surface area contributed by atoms with E-state index in [1.54, 1.807) is 0 Å². The molecular weight excluding hydrogens is 354 g/mol. The van der Waals surface area contributed by atoms with Gasteiger partial charge >= 0.3 is 0 Å². The highest BCUT2D eigenvalue weighted by Gasteiger charge is 2.37. The summed E-state index contributed by atoms with van der Waals surface area (Å²) >= 11 is 0. The number of rotatable bonds is 5. The molecule has 27 heavy (non-hydrogen) atoms. The first kappa shape index (κ1) is 20.5. The van der Waals surface area contributed by atoms with Gasteiger partial charge in [0.15, 0.2) is 14.0 Å². The maximum absolute atomic E-state index is 6.51. The molecule has 3 heterocycles. The van der Waals surface area contributed by atoms with E-state index in [-0.39, 0.29) is 11.3 Å². The number of fused-ring (bicyclic) bond motifs is 1. The van der Waals surface area contributed by atoms with E-state index < -0.39 is 8.32 Å². The van der Waals surface area contributed by atoms with Crippen LogP contribution in [-0.4, -0.2) is 29.5 Å². The van der Waals surface area contributed by atoms with E-state index in [9.17, 15) is 0 Å². The van der Waals surface area contributed by atoms with Crippen molar-refractivity contribution in [3.8, 4) is 0 Å². The summed E-state index contributed by atoms with van der Waals surface area (Å²) < 4.78 is 14.8. The van der Waals surface area contributed by atoms with Crippen LogP contribution in [-0.2, 0) is 22.2 Å². The molecule has 0 aliphatic carbocycles. The van der Waals surface area contributed by atoms with Crippen LogP contribution < -0.4 is 0 Å². The minimum atomic E-state index is -1.85. The topological polar surface area (TPSA) is 49.2 Å².